The standard InChI is InChI=1S/C14H22N4O8P2S/c1-8-12(4-5-25-28(23,24)26-27(20,21)22)29-14(9(2)19)17-13-11(7-18(8)14)6-15-10(3)16-13/h6,9,19H,4-5,7H2,1-3H3,(H,23,24)(H,15,16,17)(H2,20,21,22). The summed E-state index contributed by atoms with van der Waals surface area (Å²) in [7, 11) is -10.1. The van der Waals surface area contributed by atoms with Gasteiger partial charge in [-0.3, -0.25) is 4.52 Å². The molecule has 15 heteroatoms. The second-order valence-corrected chi connectivity index (χ2v) is 10.8. The van der Waals surface area contributed by atoms with Crippen LogP contribution in [-0.4, -0.2) is 52.4 Å². The van der Waals surface area contributed by atoms with Gasteiger partial charge in [0.1, 0.15) is 17.7 Å². The van der Waals surface area contributed by atoms with Crippen LogP contribution in [0.15, 0.2) is 16.8 Å². The molecule has 29 heavy (non-hydrogen) atoms. The van der Waals surface area contributed by atoms with Crippen LogP contribution in [0.4, 0.5) is 5.82 Å². The van der Waals surface area contributed by atoms with Gasteiger partial charge in [-0.15, -0.1) is 0 Å². The highest BCUT2D eigenvalue weighted by Crippen LogP contribution is 2.58. The third kappa shape index (κ3) is 4.84. The predicted octanol–water partition coefficient (Wildman–Crippen LogP) is 1.64. The highest BCUT2D eigenvalue weighted by Gasteiger charge is 2.51. The van der Waals surface area contributed by atoms with Crippen molar-refractivity contribution in [1.29, 1.82) is 0 Å². The van der Waals surface area contributed by atoms with Crippen molar-refractivity contribution in [3.8, 4) is 0 Å². The number of phosphoric ester groups is 1. The van der Waals surface area contributed by atoms with Gasteiger partial charge in [-0.2, -0.15) is 4.31 Å². The van der Waals surface area contributed by atoms with Crippen LogP contribution in [0, 0.1) is 6.92 Å². The number of phosphoric acid groups is 2. The molecule has 3 unspecified atom stereocenters. The van der Waals surface area contributed by atoms with Crippen LogP contribution in [0.2, 0.25) is 0 Å². The second-order valence-electron chi connectivity index (χ2n) is 6.61. The second kappa shape index (κ2) is 7.92. The molecule has 162 valence electrons. The fourth-order valence-corrected chi connectivity index (χ4v) is 6.20. The van der Waals surface area contributed by atoms with E-state index in [-0.39, 0.29) is 13.0 Å². The Morgan fingerprint density at radius 3 is 2.69 bits per heavy atom. The molecule has 0 aliphatic carbocycles. The van der Waals surface area contributed by atoms with Crippen molar-refractivity contribution >= 4 is 33.2 Å². The first-order valence-corrected chi connectivity index (χ1v) is 12.4. The quantitative estimate of drug-likeness (QED) is 0.366. The molecule has 1 aromatic heterocycles. The molecule has 2 aliphatic heterocycles. The van der Waals surface area contributed by atoms with Crippen molar-refractivity contribution in [2.45, 2.75) is 44.8 Å². The predicted molar refractivity (Wildman–Crippen MR) is 104 cm³/mol. The summed E-state index contributed by atoms with van der Waals surface area (Å²) in [4.78, 5) is 37.1. The Labute approximate surface area is 171 Å². The molecule has 3 heterocycles. The van der Waals surface area contributed by atoms with Gasteiger partial charge in [0, 0.05) is 28.8 Å². The Hall–Kier alpha value is -1.01. The molecular weight excluding hydrogens is 446 g/mol. The van der Waals surface area contributed by atoms with Crippen molar-refractivity contribution in [2.24, 2.45) is 0 Å². The summed E-state index contributed by atoms with van der Waals surface area (Å²) in [6.07, 6.45) is 1.07. The molecule has 0 bridgehead atoms. The van der Waals surface area contributed by atoms with Gasteiger partial charge < -0.3 is 30.0 Å². The number of fused-ring (bicyclic) bond motifs is 2. The lowest BCUT2D eigenvalue weighted by atomic mass is 10.1. The molecule has 3 atom stereocenters. The van der Waals surface area contributed by atoms with Crippen LogP contribution in [-0.2, 0) is 24.5 Å². The lowest BCUT2D eigenvalue weighted by molar-refractivity contribution is 0.0694. The third-order valence-corrected chi connectivity index (χ3v) is 8.36. The molecule has 0 spiro atoms. The molecule has 0 amide bonds. The first-order chi connectivity index (χ1) is 13.3. The number of hydrogen-bond donors (Lipinski definition) is 5. The van der Waals surface area contributed by atoms with Crippen molar-refractivity contribution < 1.29 is 37.8 Å². The minimum atomic E-state index is -5.17. The Balaban J connectivity index is 1.76. The van der Waals surface area contributed by atoms with Gasteiger partial charge in [0.15, 0.2) is 4.99 Å². The Kier molecular flexibility index (Phi) is 6.19. The van der Waals surface area contributed by atoms with E-state index in [9.17, 15) is 19.1 Å². The summed E-state index contributed by atoms with van der Waals surface area (Å²) in [5, 5.41) is 13.8. The maximum absolute atomic E-state index is 11.6. The number of anilines is 1. The maximum Gasteiger partial charge on any atom is 0.481 e. The van der Waals surface area contributed by atoms with Gasteiger partial charge in [0.2, 0.25) is 0 Å². The minimum Gasteiger partial charge on any atom is -0.388 e. The first kappa shape index (κ1) is 22.7. The van der Waals surface area contributed by atoms with E-state index < -0.39 is 26.7 Å². The van der Waals surface area contributed by atoms with E-state index in [1.165, 1.54) is 11.8 Å². The lowest BCUT2D eigenvalue weighted by Crippen LogP contribution is -2.57. The van der Waals surface area contributed by atoms with E-state index in [0.717, 1.165) is 16.2 Å². The summed E-state index contributed by atoms with van der Waals surface area (Å²) >= 11 is 1.33. The number of allylic oxidation sites excluding steroid dienone is 1. The van der Waals surface area contributed by atoms with E-state index in [2.05, 4.69) is 24.1 Å². The molecule has 1 aromatic rings. The molecule has 0 aromatic carbocycles. The zero-order valence-electron chi connectivity index (χ0n) is 15.8. The first-order valence-electron chi connectivity index (χ1n) is 8.52. The van der Waals surface area contributed by atoms with Crippen molar-refractivity contribution in [1.82, 2.24) is 14.9 Å². The van der Waals surface area contributed by atoms with Crippen LogP contribution >= 0.6 is 27.4 Å². The molecule has 5 N–H and O–H groups in total. The van der Waals surface area contributed by atoms with E-state index in [1.807, 2.05) is 11.8 Å². The number of rotatable bonds is 7. The number of nitrogens with one attached hydrogen (secondary N) is 1. The van der Waals surface area contributed by atoms with E-state index in [4.69, 9.17) is 9.79 Å². The molecule has 2 aliphatic rings. The van der Waals surface area contributed by atoms with E-state index in [0.29, 0.717) is 18.2 Å². The van der Waals surface area contributed by atoms with Crippen LogP contribution in [0.1, 0.15) is 31.7 Å². The largest absolute Gasteiger partial charge is 0.481 e. The third-order valence-electron chi connectivity index (χ3n) is 4.46. The number of hydrogen-bond acceptors (Lipinski definition) is 10. The summed E-state index contributed by atoms with van der Waals surface area (Å²) in [5.74, 6) is 1.22. The summed E-state index contributed by atoms with van der Waals surface area (Å²) < 4.78 is 30.8. The van der Waals surface area contributed by atoms with Crippen LogP contribution in [0.25, 0.3) is 0 Å². The fourth-order valence-electron chi connectivity index (χ4n) is 3.16. The van der Waals surface area contributed by atoms with Gasteiger partial charge in [-0.05, 0) is 20.8 Å². The zero-order valence-corrected chi connectivity index (χ0v) is 18.4. The van der Waals surface area contributed by atoms with Crippen molar-refractivity contribution in [3.05, 3.63) is 28.2 Å². The van der Waals surface area contributed by atoms with Gasteiger partial charge in [-0.25, -0.2) is 19.1 Å². The van der Waals surface area contributed by atoms with Crippen molar-refractivity contribution in [2.75, 3.05) is 11.9 Å². The number of thioether (sulfide) groups is 1. The molecule has 0 saturated carbocycles. The summed E-state index contributed by atoms with van der Waals surface area (Å²) in [6.45, 7) is 5.40. The number of aromatic nitrogens is 2. The van der Waals surface area contributed by atoms with Crippen molar-refractivity contribution in [3.63, 3.8) is 0 Å². The minimum absolute atomic E-state index is 0.166. The lowest BCUT2D eigenvalue weighted by Gasteiger charge is -2.46. The molecule has 0 saturated heterocycles. The Bertz CT molecular complexity index is 938. The van der Waals surface area contributed by atoms with Crippen LogP contribution < -0.4 is 5.32 Å². The molecule has 0 radical (unpaired) electrons. The number of nitrogens with zero attached hydrogens (tertiary/aromatic N) is 3. The van der Waals surface area contributed by atoms with E-state index in [1.54, 1.807) is 20.0 Å². The highest BCUT2D eigenvalue weighted by molar-refractivity contribution is 8.04. The topological polar surface area (TPSA) is 175 Å². The summed E-state index contributed by atoms with van der Waals surface area (Å²) in [5.41, 5.74) is 1.68. The molecule has 12 nitrogen and oxygen atoms in total. The normalized spacial score (nSPS) is 24.6. The van der Waals surface area contributed by atoms with E-state index >= 15 is 0 Å². The molecule has 3 rings (SSSR count). The maximum atomic E-state index is 11.6. The van der Waals surface area contributed by atoms with Gasteiger partial charge in [-0.1, -0.05) is 11.8 Å². The monoisotopic (exact) mass is 468 g/mol. The number of aryl methyl sites for hydroxylation is 1. The SMILES string of the molecule is CC1=C(CCOP(=O)(O)OP(=O)(O)O)SC2(C(C)O)Nc3nc(C)ncc3CN12. The average molecular weight is 468 g/mol. The Morgan fingerprint density at radius 1 is 1.38 bits per heavy atom. The van der Waals surface area contributed by atoms with Crippen LogP contribution in [0.3, 0.4) is 0 Å². The summed E-state index contributed by atoms with van der Waals surface area (Å²) in [6, 6.07) is 0. The zero-order chi connectivity index (χ0) is 21.6. The number of aliphatic hydroxyl groups excluding tert-OH is 1. The highest BCUT2D eigenvalue weighted by atomic mass is 32.2. The average Bonchev–Trinajstić information content (AvgIpc) is 2.83. The molecule has 0 fully saturated rings. The Morgan fingerprint density at radius 2 is 2.07 bits per heavy atom. The fraction of sp³-hybridized carbons (Fsp3) is 0.571. The number of aliphatic hydroxyl groups is 1. The smallest absolute Gasteiger partial charge is 0.388 e. The van der Waals surface area contributed by atoms with Crippen LogP contribution in [0.5, 0.6) is 0 Å². The molecular formula is C14H22N4O8P2S. The van der Waals surface area contributed by atoms with Gasteiger partial charge in [0.05, 0.1) is 13.2 Å². The van der Waals surface area contributed by atoms with Gasteiger partial charge in [0.25, 0.3) is 0 Å². The van der Waals surface area contributed by atoms with Gasteiger partial charge >= 0.3 is 15.6 Å².